The molecule has 1 atom stereocenters. The molecule has 0 bridgehead atoms. The maximum Gasteiger partial charge on any atom is 0.0449 e. The number of aliphatic hydroxyl groups excluding tert-OH is 1. The van der Waals surface area contributed by atoms with Crippen LogP contribution < -0.4 is 5.73 Å². The lowest BCUT2D eigenvalue weighted by atomic mass is 10.1. The normalized spacial score (nSPS) is 13.3. The smallest absolute Gasteiger partial charge is 0.0449 e. The van der Waals surface area contributed by atoms with Crippen LogP contribution in [0.2, 0.25) is 0 Å². The monoisotopic (exact) mass is 168 g/mol. The zero-order valence-electron chi connectivity index (χ0n) is 7.59. The van der Waals surface area contributed by atoms with E-state index in [9.17, 15) is 0 Å². The molecule has 1 unspecified atom stereocenters. The molecule has 0 amide bonds. The van der Waals surface area contributed by atoms with Crippen molar-refractivity contribution in [1.29, 1.82) is 0 Å². The van der Waals surface area contributed by atoms with Crippen molar-refractivity contribution in [3.63, 3.8) is 0 Å². The molecular weight excluding hydrogens is 152 g/mol. The van der Waals surface area contributed by atoms with Crippen molar-refractivity contribution in [2.45, 2.75) is 26.3 Å². The zero-order chi connectivity index (χ0) is 9.14. The van der Waals surface area contributed by atoms with Crippen molar-refractivity contribution in [2.24, 2.45) is 5.73 Å². The summed E-state index contributed by atoms with van der Waals surface area (Å²) < 4.78 is 0. The summed E-state index contributed by atoms with van der Waals surface area (Å²) in [7, 11) is 0. The summed E-state index contributed by atoms with van der Waals surface area (Å²) in [5.41, 5.74) is 9.18. The number of rotatable bonds is 3. The van der Waals surface area contributed by atoms with E-state index in [-0.39, 0.29) is 12.6 Å². The van der Waals surface area contributed by atoms with E-state index in [4.69, 9.17) is 10.8 Å². The number of H-pyrrole nitrogens is 1. The van der Waals surface area contributed by atoms with Crippen LogP contribution in [0.3, 0.4) is 0 Å². The van der Waals surface area contributed by atoms with Gasteiger partial charge in [0.25, 0.3) is 0 Å². The molecule has 3 nitrogen and oxygen atoms in total. The molecule has 0 fully saturated rings. The van der Waals surface area contributed by atoms with Gasteiger partial charge in [0, 0.05) is 24.0 Å². The van der Waals surface area contributed by atoms with E-state index in [0.29, 0.717) is 6.42 Å². The highest BCUT2D eigenvalue weighted by Crippen LogP contribution is 2.18. The van der Waals surface area contributed by atoms with Crippen LogP contribution in [-0.4, -0.2) is 16.7 Å². The first-order valence-corrected chi connectivity index (χ1v) is 4.17. The van der Waals surface area contributed by atoms with Crippen molar-refractivity contribution in [3.8, 4) is 0 Å². The minimum Gasteiger partial charge on any atom is -0.396 e. The van der Waals surface area contributed by atoms with Crippen molar-refractivity contribution in [1.82, 2.24) is 4.98 Å². The highest BCUT2D eigenvalue weighted by atomic mass is 16.3. The Kier molecular flexibility index (Phi) is 2.89. The summed E-state index contributed by atoms with van der Waals surface area (Å²) in [6, 6.07) is 2.00. The van der Waals surface area contributed by atoms with Gasteiger partial charge in [0.05, 0.1) is 0 Å². The fourth-order valence-electron chi connectivity index (χ4n) is 1.43. The van der Waals surface area contributed by atoms with Crippen LogP contribution in [0.4, 0.5) is 0 Å². The minimum atomic E-state index is -0.0417. The fraction of sp³-hybridized carbons (Fsp3) is 0.556. The standard InChI is InChI=1S/C9H16N2O/c1-6-5-8(7(2)11-6)9(10)3-4-12/h5,9,11-12H,3-4,10H2,1-2H3. The lowest BCUT2D eigenvalue weighted by Gasteiger charge is -2.08. The van der Waals surface area contributed by atoms with E-state index >= 15 is 0 Å². The molecule has 0 aromatic carbocycles. The van der Waals surface area contributed by atoms with Gasteiger partial charge in [-0.25, -0.2) is 0 Å². The first-order chi connectivity index (χ1) is 5.65. The fourth-order valence-corrected chi connectivity index (χ4v) is 1.43. The third-order valence-corrected chi connectivity index (χ3v) is 2.03. The highest BCUT2D eigenvalue weighted by molar-refractivity contribution is 5.27. The van der Waals surface area contributed by atoms with Crippen LogP contribution in [0.5, 0.6) is 0 Å². The van der Waals surface area contributed by atoms with Crippen LogP contribution in [0.15, 0.2) is 6.07 Å². The first-order valence-electron chi connectivity index (χ1n) is 4.17. The number of nitrogens with one attached hydrogen (secondary N) is 1. The average molecular weight is 168 g/mol. The third kappa shape index (κ3) is 1.87. The topological polar surface area (TPSA) is 62.0 Å². The van der Waals surface area contributed by atoms with E-state index in [0.717, 1.165) is 17.0 Å². The maximum absolute atomic E-state index is 8.71. The van der Waals surface area contributed by atoms with Gasteiger partial charge in [-0.2, -0.15) is 0 Å². The van der Waals surface area contributed by atoms with E-state index in [2.05, 4.69) is 4.98 Å². The second kappa shape index (κ2) is 3.74. The van der Waals surface area contributed by atoms with E-state index in [1.807, 2.05) is 19.9 Å². The quantitative estimate of drug-likeness (QED) is 0.631. The lowest BCUT2D eigenvalue weighted by molar-refractivity contribution is 0.276. The number of nitrogens with two attached hydrogens (primary N) is 1. The molecule has 0 aliphatic heterocycles. The summed E-state index contributed by atoms with van der Waals surface area (Å²) in [5, 5.41) is 8.71. The molecule has 0 saturated carbocycles. The van der Waals surface area contributed by atoms with Gasteiger partial charge in [-0.3, -0.25) is 0 Å². The van der Waals surface area contributed by atoms with Crippen molar-refractivity contribution < 1.29 is 5.11 Å². The highest BCUT2D eigenvalue weighted by Gasteiger charge is 2.09. The Hall–Kier alpha value is -0.800. The number of aromatic nitrogens is 1. The molecular formula is C9H16N2O. The van der Waals surface area contributed by atoms with Crippen LogP contribution in [-0.2, 0) is 0 Å². The summed E-state index contributed by atoms with van der Waals surface area (Å²) in [5.74, 6) is 0. The Morgan fingerprint density at radius 1 is 1.58 bits per heavy atom. The number of aryl methyl sites for hydroxylation is 2. The van der Waals surface area contributed by atoms with Gasteiger partial charge in [-0.15, -0.1) is 0 Å². The van der Waals surface area contributed by atoms with Crippen LogP contribution in [0.1, 0.15) is 29.4 Å². The summed E-state index contributed by atoms with van der Waals surface area (Å²) >= 11 is 0. The molecule has 1 heterocycles. The largest absolute Gasteiger partial charge is 0.396 e. The van der Waals surface area contributed by atoms with Gasteiger partial charge in [-0.1, -0.05) is 0 Å². The third-order valence-electron chi connectivity index (χ3n) is 2.03. The number of hydrogen-bond donors (Lipinski definition) is 3. The van der Waals surface area contributed by atoms with Crippen LogP contribution in [0, 0.1) is 13.8 Å². The van der Waals surface area contributed by atoms with Crippen molar-refractivity contribution in [3.05, 3.63) is 23.0 Å². The van der Waals surface area contributed by atoms with Gasteiger partial charge < -0.3 is 15.8 Å². The van der Waals surface area contributed by atoms with Gasteiger partial charge in [0.15, 0.2) is 0 Å². The molecule has 12 heavy (non-hydrogen) atoms. The Bertz CT molecular complexity index is 255. The molecule has 68 valence electrons. The molecule has 1 aromatic heterocycles. The Morgan fingerprint density at radius 2 is 2.25 bits per heavy atom. The SMILES string of the molecule is Cc1cc(C(N)CCO)c(C)[nH]1. The Morgan fingerprint density at radius 3 is 2.67 bits per heavy atom. The molecule has 0 aliphatic carbocycles. The predicted octanol–water partition coefficient (Wildman–Crippen LogP) is 1.01. The second-order valence-electron chi connectivity index (χ2n) is 3.15. The molecule has 4 N–H and O–H groups in total. The molecule has 0 saturated heterocycles. The predicted molar refractivity (Wildman–Crippen MR) is 48.9 cm³/mol. The van der Waals surface area contributed by atoms with E-state index in [1.54, 1.807) is 0 Å². The lowest BCUT2D eigenvalue weighted by Crippen LogP contribution is -2.12. The number of hydrogen-bond acceptors (Lipinski definition) is 2. The van der Waals surface area contributed by atoms with Gasteiger partial charge in [0.2, 0.25) is 0 Å². The summed E-state index contributed by atoms with van der Waals surface area (Å²) in [6.45, 7) is 4.15. The Balaban J connectivity index is 2.79. The van der Waals surface area contributed by atoms with Gasteiger partial charge in [-0.05, 0) is 31.9 Å². The number of aliphatic hydroxyl groups is 1. The number of aromatic amines is 1. The van der Waals surface area contributed by atoms with Crippen molar-refractivity contribution >= 4 is 0 Å². The van der Waals surface area contributed by atoms with Crippen molar-refractivity contribution in [2.75, 3.05) is 6.61 Å². The van der Waals surface area contributed by atoms with Crippen LogP contribution in [0.25, 0.3) is 0 Å². The molecule has 0 spiro atoms. The van der Waals surface area contributed by atoms with Gasteiger partial charge >= 0.3 is 0 Å². The van der Waals surface area contributed by atoms with Gasteiger partial charge in [0.1, 0.15) is 0 Å². The first kappa shape index (κ1) is 9.29. The molecule has 1 rings (SSSR count). The molecule has 3 heteroatoms. The molecule has 0 aliphatic rings. The molecule has 0 radical (unpaired) electrons. The summed E-state index contributed by atoms with van der Waals surface area (Å²) in [4.78, 5) is 3.19. The van der Waals surface area contributed by atoms with E-state index < -0.39 is 0 Å². The van der Waals surface area contributed by atoms with E-state index in [1.165, 1.54) is 0 Å². The Labute approximate surface area is 72.6 Å². The minimum absolute atomic E-state index is 0.0417. The second-order valence-corrected chi connectivity index (χ2v) is 3.15. The maximum atomic E-state index is 8.71. The summed E-state index contributed by atoms with van der Waals surface area (Å²) in [6.07, 6.45) is 0.623. The van der Waals surface area contributed by atoms with Crippen LogP contribution >= 0.6 is 0 Å². The average Bonchev–Trinajstić information content (AvgIpc) is 2.30. The zero-order valence-corrected chi connectivity index (χ0v) is 7.59. The molecule has 1 aromatic rings.